The molecule has 1 fully saturated rings. The van der Waals surface area contributed by atoms with Gasteiger partial charge in [0.1, 0.15) is 0 Å². The molecule has 0 bridgehead atoms. The lowest BCUT2D eigenvalue weighted by Gasteiger charge is -2.27. The molecule has 5 heteroatoms. The van der Waals surface area contributed by atoms with Gasteiger partial charge in [-0.05, 0) is 24.3 Å². The van der Waals surface area contributed by atoms with E-state index < -0.39 is 5.97 Å². The average molecular weight is 255 g/mol. The van der Waals surface area contributed by atoms with Gasteiger partial charge in [-0.15, -0.1) is 11.3 Å². The second-order valence-corrected chi connectivity index (χ2v) is 5.20. The SMILES string of the molecule is O=C(O)CC(NC1CCOCC1)c1cccs1. The first-order valence-electron chi connectivity index (χ1n) is 5.84. The van der Waals surface area contributed by atoms with E-state index in [-0.39, 0.29) is 12.5 Å². The van der Waals surface area contributed by atoms with E-state index in [4.69, 9.17) is 9.84 Å². The minimum absolute atomic E-state index is 0.0735. The molecule has 94 valence electrons. The highest BCUT2D eigenvalue weighted by Crippen LogP contribution is 2.24. The number of hydrogen-bond acceptors (Lipinski definition) is 4. The zero-order valence-electron chi connectivity index (χ0n) is 9.59. The molecule has 1 aromatic heterocycles. The molecule has 0 saturated carbocycles. The van der Waals surface area contributed by atoms with E-state index in [1.807, 2.05) is 17.5 Å². The summed E-state index contributed by atoms with van der Waals surface area (Å²) in [5, 5.41) is 14.4. The Labute approximate surface area is 105 Å². The number of aliphatic carboxylic acids is 1. The number of carboxylic acid groups (broad SMARTS) is 1. The maximum absolute atomic E-state index is 10.9. The highest BCUT2D eigenvalue weighted by molar-refractivity contribution is 7.10. The number of carboxylic acids is 1. The van der Waals surface area contributed by atoms with E-state index in [2.05, 4.69) is 5.32 Å². The third kappa shape index (κ3) is 3.80. The van der Waals surface area contributed by atoms with Crippen molar-refractivity contribution in [2.75, 3.05) is 13.2 Å². The molecule has 2 N–H and O–H groups in total. The summed E-state index contributed by atoms with van der Waals surface area (Å²) in [5.74, 6) is -0.761. The molecule has 1 aliphatic rings. The Morgan fingerprint density at radius 2 is 2.35 bits per heavy atom. The van der Waals surface area contributed by atoms with Gasteiger partial charge in [-0.3, -0.25) is 4.79 Å². The van der Waals surface area contributed by atoms with Crippen LogP contribution < -0.4 is 5.32 Å². The summed E-state index contributed by atoms with van der Waals surface area (Å²) in [7, 11) is 0. The van der Waals surface area contributed by atoms with E-state index in [0.717, 1.165) is 30.9 Å². The molecule has 0 aromatic carbocycles. The average Bonchev–Trinajstić information content (AvgIpc) is 2.82. The van der Waals surface area contributed by atoms with Gasteiger partial charge in [-0.25, -0.2) is 0 Å². The fraction of sp³-hybridized carbons (Fsp3) is 0.583. The maximum Gasteiger partial charge on any atom is 0.305 e. The van der Waals surface area contributed by atoms with Gasteiger partial charge in [0.15, 0.2) is 0 Å². The molecule has 1 aromatic rings. The lowest BCUT2D eigenvalue weighted by molar-refractivity contribution is -0.137. The predicted molar refractivity (Wildman–Crippen MR) is 66.3 cm³/mol. The summed E-state index contributed by atoms with van der Waals surface area (Å²) in [5.41, 5.74) is 0. The quantitative estimate of drug-likeness (QED) is 0.845. The normalized spacial score (nSPS) is 19.1. The third-order valence-electron chi connectivity index (χ3n) is 2.92. The van der Waals surface area contributed by atoms with Gasteiger partial charge >= 0.3 is 5.97 Å². The highest BCUT2D eigenvalue weighted by atomic mass is 32.1. The fourth-order valence-corrected chi connectivity index (χ4v) is 2.84. The van der Waals surface area contributed by atoms with Crippen LogP contribution in [-0.4, -0.2) is 30.3 Å². The molecule has 1 saturated heterocycles. The topological polar surface area (TPSA) is 58.6 Å². The Hall–Kier alpha value is -0.910. The van der Waals surface area contributed by atoms with Gasteiger partial charge < -0.3 is 15.2 Å². The minimum atomic E-state index is -0.761. The summed E-state index contributed by atoms with van der Waals surface area (Å²) >= 11 is 1.60. The monoisotopic (exact) mass is 255 g/mol. The van der Waals surface area contributed by atoms with Gasteiger partial charge in [0.05, 0.1) is 12.5 Å². The van der Waals surface area contributed by atoms with Crippen LogP contribution in [0.2, 0.25) is 0 Å². The van der Waals surface area contributed by atoms with E-state index >= 15 is 0 Å². The van der Waals surface area contributed by atoms with E-state index in [1.165, 1.54) is 0 Å². The van der Waals surface area contributed by atoms with Crippen molar-refractivity contribution >= 4 is 17.3 Å². The molecule has 0 radical (unpaired) electrons. The van der Waals surface area contributed by atoms with Gasteiger partial charge in [-0.2, -0.15) is 0 Å². The van der Waals surface area contributed by atoms with Gasteiger partial charge in [-0.1, -0.05) is 6.07 Å². The Morgan fingerprint density at radius 1 is 1.59 bits per heavy atom. The Bertz CT molecular complexity index is 347. The molecular formula is C12H17NO3S. The molecule has 1 aliphatic heterocycles. The largest absolute Gasteiger partial charge is 0.481 e. The van der Waals surface area contributed by atoms with Crippen molar-refractivity contribution in [3.63, 3.8) is 0 Å². The van der Waals surface area contributed by atoms with Crippen LogP contribution in [-0.2, 0) is 9.53 Å². The maximum atomic E-state index is 10.9. The van der Waals surface area contributed by atoms with Crippen molar-refractivity contribution in [1.29, 1.82) is 0 Å². The van der Waals surface area contributed by atoms with Crippen LogP contribution in [0, 0.1) is 0 Å². The highest BCUT2D eigenvalue weighted by Gasteiger charge is 2.22. The van der Waals surface area contributed by atoms with Crippen molar-refractivity contribution < 1.29 is 14.6 Å². The first-order chi connectivity index (χ1) is 8.25. The molecule has 2 heterocycles. The standard InChI is InChI=1S/C12H17NO3S/c14-12(15)8-10(11-2-1-7-17-11)13-9-3-5-16-6-4-9/h1-2,7,9-10,13H,3-6,8H2,(H,14,15). The Kier molecular flexibility index (Phi) is 4.53. The molecule has 0 aliphatic carbocycles. The molecule has 0 spiro atoms. The smallest absolute Gasteiger partial charge is 0.305 e. The summed E-state index contributed by atoms with van der Waals surface area (Å²) in [6, 6.07) is 4.25. The summed E-state index contributed by atoms with van der Waals surface area (Å²) < 4.78 is 5.30. The second-order valence-electron chi connectivity index (χ2n) is 4.22. The molecule has 4 nitrogen and oxygen atoms in total. The number of thiophene rings is 1. The number of ether oxygens (including phenoxy) is 1. The molecule has 2 rings (SSSR count). The number of carbonyl (C=O) groups is 1. The predicted octanol–water partition coefficient (Wildman–Crippen LogP) is 2.03. The van der Waals surface area contributed by atoms with Crippen molar-refractivity contribution in [3.8, 4) is 0 Å². The zero-order chi connectivity index (χ0) is 12.1. The van der Waals surface area contributed by atoms with Gasteiger partial charge in [0.2, 0.25) is 0 Å². The number of nitrogens with one attached hydrogen (secondary N) is 1. The lowest BCUT2D eigenvalue weighted by atomic mass is 10.1. The van der Waals surface area contributed by atoms with Crippen LogP contribution >= 0.6 is 11.3 Å². The summed E-state index contributed by atoms with van der Waals surface area (Å²) in [4.78, 5) is 12.0. The van der Waals surface area contributed by atoms with Crippen molar-refractivity contribution in [2.24, 2.45) is 0 Å². The molecule has 0 amide bonds. The van der Waals surface area contributed by atoms with Crippen molar-refractivity contribution in [2.45, 2.75) is 31.3 Å². The fourth-order valence-electron chi connectivity index (χ4n) is 2.05. The van der Waals surface area contributed by atoms with Crippen LogP contribution in [0.4, 0.5) is 0 Å². The van der Waals surface area contributed by atoms with E-state index in [9.17, 15) is 4.79 Å². The van der Waals surface area contributed by atoms with Crippen LogP contribution in [0.1, 0.15) is 30.2 Å². The first-order valence-corrected chi connectivity index (χ1v) is 6.72. The number of rotatable bonds is 5. The summed E-state index contributed by atoms with van der Waals surface area (Å²) in [6.45, 7) is 1.53. The van der Waals surface area contributed by atoms with Crippen LogP contribution in [0.25, 0.3) is 0 Å². The van der Waals surface area contributed by atoms with Gasteiger partial charge in [0.25, 0.3) is 0 Å². The molecule has 17 heavy (non-hydrogen) atoms. The Morgan fingerprint density at radius 3 is 2.94 bits per heavy atom. The van der Waals surface area contributed by atoms with E-state index in [0.29, 0.717) is 6.04 Å². The zero-order valence-corrected chi connectivity index (χ0v) is 10.4. The molecule has 1 unspecified atom stereocenters. The van der Waals surface area contributed by atoms with Crippen LogP contribution in [0.15, 0.2) is 17.5 Å². The second kappa shape index (κ2) is 6.14. The van der Waals surface area contributed by atoms with Crippen molar-refractivity contribution in [1.82, 2.24) is 5.32 Å². The van der Waals surface area contributed by atoms with Gasteiger partial charge in [0, 0.05) is 24.1 Å². The lowest BCUT2D eigenvalue weighted by Crippen LogP contribution is -2.37. The number of hydrogen-bond donors (Lipinski definition) is 2. The Balaban J connectivity index is 1.97. The van der Waals surface area contributed by atoms with Crippen LogP contribution in [0.3, 0.4) is 0 Å². The summed E-state index contributed by atoms with van der Waals surface area (Å²) in [6.07, 6.45) is 2.06. The third-order valence-corrected chi connectivity index (χ3v) is 3.91. The first kappa shape index (κ1) is 12.5. The van der Waals surface area contributed by atoms with Crippen LogP contribution in [0.5, 0.6) is 0 Å². The molecular weight excluding hydrogens is 238 g/mol. The van der Waals surface area contributed by atoms with E-state index in [1.54, 1.807) is 11.3 Å². The van der Waals surface area contributed by atoms with Crippen molar-refractivity contribution in [3.05, 3.63) is 22.4 Å². The minimum Gasteiger partial charge on any atom is -0.481 e. The molecule has 1 atom stereocenters.